The standard InChI is InChI=1S/C10H11NO2S/c1-2-13-7-3-4-8-6(10(7)11)5-9(12)14-8/h3-5,12H,2,11H2,1H3. The van der Waals surface area contributed by atoms with Gasteiger partial charge in [-0.15, -0.1) is 0 Å². The molecule has 0 saturated carbocycles. The first-order chi connectivity index (χ1) is 6.72. The Labute approximate surface area is 85.7 Å². The summed E-state index contributed by atoms with van der Waals surface area (Å²) < 4.78 is 6.33. The minimum absolute atomic E-state index is 0.278. The van der Waals surface area contributed by atoms with Crippen LogP contribution in [0, 0.1) is 0 Å². The largest absolute Gasteiger partial charge is 0.499 e. The van der Waals surface area contributed by atoms with Gasteiger partial charge in [-0.05, 0) is 19.1 Å². The van der Waals surface area contributed by atoms with Crippen molar-refractivity contribution in [2.24, 2.45) is 0 Å². The zero-order valence-corrected chi connectivity index (χ0v) is 8.60. The number of ether oxygens (including phenoxy) is 1. The number of hydrogen-bond acceptors (Lipinski definition) is 4. The monoisotopic (exact) mass is 209 g/mol. The number of nitrogens with two attached hydrogens (primary N) is 1. The molecule has 3 N–H and O–H groups in total. The van der Waals surface area contributed by atoms with Gasteiger partial charge < -0.3 is 15.6 Å². The van der Waals surface area contributed by atoms with E-state index >= 15 is 0 Å². The molecule has 1 aromatic heterocycles. The second kappa shape index (κ2) is 3.38. The van der Waals surface area contributed by atoms with Crippen molar-refractivity contribution in [1.82, 2.24) is 0 Å². The molecule has 1 heterocycles. The van der Waals surface area contributed by atoms with Crippen molar-refractivity contribution < 1.29 is 9.84 Å². The summed E-state index contributed by atoms with van der Waals surface area (Å²) in [6.07, 6.45) is 0. The summed E-state index contributed by atoms with van der Waals surface area (Å²) in [7, 11) is 0. The average Bonchev–Trinajstić information content (AvgIpc) is 2.52. The van der Waals surface area contributed by atoms with Gasteiger partial charge in [0.15, 0.2) is 5.06 Å². The molecular weight excluding hydrogens is 198 g/mol. The van der Waals surface area contributed by atoms with E-state index in [1.807, 2.05) is 19.1 Å². The van der Waals surface area contributed by atoms with Crippen molar-refractivity contribution in [3.63, 3.8) is 0 Å². The molecule has 0 spiro atoms. The van der Waals surface area contributed by atoms with Crippen molar-refractivity contribution in [3.05, 3.63) is 18.2 Å². The van der Waals surface area contributed by atoms with Crippen LogP contribution in [0.4, 0.5) is 5.69 Å². The van der Waals surface area contributed by atoms with Gasteiger partial charge in [0.25, 0.3) is 0 Å². The zero-order chi connectivity index (χ0) is 10.1. The summed E-state index contributed by atoms with van der Waals surface area (Å²) in [4.78, 5) is 0. The van der Waals surface area contributed by atoms with Crippen LogP contribution in [0.2, 0.25) is 0 Å². The third-order valence-electron chi connectivity index (χ3n) is 1.99. The van der Waals surface area contributed by atoms with Crippen molar-refractivity contribution in [2.45, 2.75) is 6.92 Å². The number of aromatic hydroxyl groups is 1. The number of hydrogen-bond donors (Lipinski definition) is 2. The first-order valence-electron chi connectivity index (χ1n) is 4.36. The smallest absolute Gasteiger partial charge is 0.172 e. The Morgan fingerprint density at radius 1 is 1.50 bits per heavy atom. The fourth-order valence-electron chi connectivity index (χ4n) is 1.38. The van der Waals surface area contributed by atoms with E-state index in [0.29, 0.717) is 18.0 Å². The molecule has 0 unspecified atom stereocenters. The molecule has 0 atom stereocenters. The van der Waals surface area contributed by atoms with Gasteiger partial charge in [-0.25, -0.2) is 0 Å². The van der Waals surface area contributed by atoms with Crippen LogP contribution >= 0.6 is 11.3 Å². The molecule has 2 rings (SSSR count). The van der Waals surface area contributed by atoms with Crippen LogP contribution < -0.4 is 10.5 Å². The molecule has 2 aromatic rings. The van der Waals surface area contributed by atoms with Gasteiger partial charge in [-0.1, -0.05) is 11.3 Å². The van der Waals surface area contributed by atoms with Crippen molar-refractivity contribution >= 4 is 27.1 Å². The van der Waals surface area contributed by atoms with Crippen LogP contribution in [-0.4, -0.2) is 11.7 Å². The molecule has 0 amide bonds. The molecule has 1 aromatic carbocycles. The molecule has 0 bridgehead atoms. The van der Waals surface area contributed by atoms with Crippen LogP contribution in [0.25, 0.3) is 10.1 Å². The highest BCUT2D eigenvalue weighted by atomic mass is 32.1. The van der Waals surface area contributed by atoms with Crippen LogP contribution in [-0.2, 0) is 0 Å². The van der Waals surface area contributed by atoms with Crippen LogP contribution in [0.5, 0.6) is 10.8 Å². The van der Waals surface area contributed by atoms with Gasteiger partial charge in [0.05, 0.1) is 12.3 Å². The number of benzene rings is 1. The molecular formula is C10H11NO2S. The topological polar surface area (TPSA) is 55.5 Å². The predicted molar refractivity (Wildman–Crippen MR) is 59.1 cm³/mol. The van der Waals surface area contributed by atoms with Gasteiger partial charge >= 0.3 is 0 Å². The van der Waals surface area contributed by atoms with Gasteiger partial charge in [0.2, 0.25) is 0 Å². The van der Waals surface area contributed by atoms with E-state index in [1.54, 1.807) is 6.07 Å². The lowest BCUT2D eigenvalue weighted by Crippen LogP contribution is -1.96. The molecule has 3 nitrogen and oxygen atoms in total. The molecule has 0 aliphatic carbocycles. The molecule has 74 valence electrons. The molecule has 0 fully saturated rings. The van der Waals surface area contributed by atoms with E-state index in [2.05, 4.69) is 0 Å². The fourth-order valence-corrected chi connectivity index (χ4v) is 2.20. The van der Waals surface area contributed by atoms with Crippen molar-refractivity contribution in [3.8, 4) is 10.8 Å². The summed E-state index contributed by atoms with van der Waals surface area (Å²) in [5, 5.41) is 10.5. The van der Waals surface area contributed by atoms with Crippen molar-refractivity contribution in [1.29, 1.82) is 0 Å². The summed E-state index contributed by atoms with van der Waals surface area (Å²) in [5.74, 6) is 0.679. The number of fused-ring (bicyclic) bond motifs is 1. The minimum Gasteiger partial charge on any atom is -0.499 e. The highest BCUT2D eigenvalue weighted by Gasteiger charge is 2.08. The van der Waals surface area contributed by atoms with E-state index in [1.165, 1.54) is 11.3 Å². The Balaban J connectivity index is 2.61. The number of anilines is 1. The zero-order valence-electron chi connectivity index (χ0n) is 7.78. The predicted octanol–water partition coefficient (Wildman–Crippen LogP) is 2.59. The summed E-state index contributed by atoms with van der Waals surface area (Å²) >= 11 is 1.31. The van der Waals surface area contributed by atoms with Crippen LogP contribution in [0.3, 0.4) is 0 Å². The number of rotatable bonds is 2. The second-order valence-electron chi connectivity index (χ2n) is 2.91. The Bertz CT molecular complexity index is 464. The molecule has 14 heavy (non-hydrogen) atoms. The minimum atomic E-state index is 0.278. The lowest BCUT2D eigenvalue weighted by molar-refractivity contribution is 0.342. The van der Waals surface area contributed by atoms with E-state index in [4.69, 9.17) is 10.5 Å². The van der Waals surface area contributed by atoms with E-state index in [-0.39, 0.29) is 5.06 Å². The third-order valence-corrected chi connectivity index (χ3v) is 2.89. The third kappa shape index (κ3) is 1.37. The maximum Gasteiger partial charge on any atom is 0.172 e. The van der Waals surface area contributed by atoms with Crippen molar-refractivity contribution in [2.75, 3.05) is 12.3 Å². The molecule has 0 radical (unpaired) electrons. The quantitative estimate of drug-likeness (QED) is 0.747. The second-order valence-corrected chi connectivity index (χ2v) is 3.97. The Morgan fingerprint density at radius 2 is 2.29 bits per heavy atom. The molecule has 0 saturated heterocycles. The van der Waals surface area contributed by atoms with Gasteiger partial charge in [-0.3, -0.25) is 0 Å². The summed E-state index contributed by atoms with van der Waals surface area (Å²) in [5.41, 5.74) is 6.49. The molecule has 0 aliphatic heterocycles. The Kier molecular flexibility index (Phi) is 2.21. The maximum absolute atomic E-state index is 9.32. The van der Waals surface area contributed by atoms with Crippen LogP contribution in [0.1, 0.15) is 6.92 Å². The Hall–Kier alpha value is -1.42. The first kappa shape index (κ1) is 9.15. The van der Waals surface area contributed by atoms with Crippen LogP contribution in [0.15, 0.2) is 18.2 Å². The SMILES string of the molecule is CCOc1ccc2sc(O)cc2c1N. The maximum atomic E-state index is 9.32. The first-order valence-corrected chi connectivity index (χ1v) is 5.17. The highest BCUT2D eigenvalue weighted by Crippen LogP contribution is 2.38. The average molecular weight is 209 g/mol. The lowest BCUT2D eigenvalue weighted by Gasteiger charge is -2.06. The van der Waals surface area contributed by atoms with E-state index in [9.17, 15) is 5.11 Å². The molecule has 4 heteroatoms. The lowest BCUT2D eigenvalue weighted by atomic mass is 10.2. The fraction of sp³-hybridized carbons (Fsp3) is 0.200. The Morgan fingerprint density at radius 3 is 3.00 bits per heavy atom. The van der Waals surface area contributed by atoms with Gasteiger partial charge in [-0.2, -0.15) is 0 Å². The molecule has 0 aliphatic rings. The highest BCUT2D eigenvalue weighted by molar-refractivity contribution is 7.20. The van der Waals surface area contributed by atoms with Gasteiger partial charge in [0, 0.05) is 16.2 Å². The summed E-state index contributed by atoms with van der Waals surface area (Å²) in [6.45, 7) is 2.50. The van der Waals surface area contributed by atoms with E-state index in [0.717, 1.165) is 10.1 Å². The normalized spacial score (nSPS) is 10.6. The summed E-state index contributed by atoms with van der Waals surface area (Å²) in [6, 6.07) is 5.40. The number of thiophene rings is 1. The van der Waals surface area contributed by atoms with E-state index < -0.39 is 0 Å². The number of nitrogen functional groups attached to an aromatic ring is 1. The van der Waals surface area contributed by atoms with Gasteiger partial charge in [0.1, 0.15) is 5.75 Å².